The number of amides is 4. The van der Waals surface area contributed by atoms with Crippen LogP contribution in [-0.4, -0.2) is 36.3 Å². The minimum atomic E-state index is -4.05. The summed E-state index contributed by atoms with van der Waals surface area (Å²) in [5.41, 5.74) is 0. The van der Waals surface area contributed by atoms with Crippen molar-refractivity contribution in [1.82, 2.24) is 9.62 Å². The zero-order chi connectivity index (χ0) is 11.6. The van der Waals surface area contributed by atoms with E-state index in [9.17, 15) is 22.8 Å². The Balaban J connectivity index is 3.04. The summed E-state index contributed by atoms with van der Waals surface area (Å²) in [5.74, 6) is -2.40. The molecule has 82 valence electrons. The lowest BCUT2D eigenvalue weighted by Crippen LogP contribution is -2.55. The summed E-state index contributed by atoms with van der Waals surface area (Å²) >= 11 is 0. The lowest BCUT2D eigenvalue weighted by molar-refractivity contribution is -0.133. The molecule has 15 heavy (non-hydrogen) atoms. The van der Waals surface area contributed by atoms with Crippen LogP contribution in [0.25, 0.3) is 0 Å². The fourth-order valence-electron chi connectivity index (χ4n) is 1.04. The summed E-state index contributed by atoms with van der Waals surface area (Å²) in [4.78, 5) is 33.0. The van der Waals surface area contributed by atoms with Gasteiger partial charge in [-0.3, -0.25) is 14.9 Å². The molecule has 8 heteroatoms. The van der Waals surface area contributed by atoms with E-state index in [2.05, 4.69) is 6.58 Å². The van der Waals surface area contributed by atoms with E-state index < -0.39 is 40.0 Å². The van der Waals surface area contributed by atoms with Crippen molar-refractivity contribution in [3.63, 3.8) is 0 Å². The van der Waals surface area contributed by atoms with E-state index in [1.165, 1.54) is 0 Å². The maximum Gasteiger partial charge on any atom is 0.344 e. The second-order valence-corrected chi connectivity index (χ2v) is 4.62. The van der Waals surface area contributed by atoms with Gasteiger partial charge in [0.1, 0.15) is 6.42 Å². The first-order valence-corrected chi connectivity index (χ1v) is 5.50. The fraction of sp³-hybridized carbons (Fsp3) is 0.286. The maximum absolute atomic E-state index is 11.4. The van der Waals surface area contributed by atoms with Crippen molar-refractivity contribution in [1.29, 1.82) is 0 Å². The van der Waals surface area contributed by atoms with Crippen LogP contribution in [-0.2, 0) is 19.6 Å². The van der Waals surface area contributed by atoms with Gasteiger partial charge in [0.2, 0.25) is 15.9 Å². The first-order chi connectivity index (χ1) is 6.88. The van der Waals surface area contributed by atoms with Crippen LogP contribution < -0.4 is 5.32 Å². The van der Waals surface area contributed by atoms with E-state index in [4.69, 9.17) is 0 Å². The molecule has 0 saturated carbocycles. The number of sulfonamides is 1. The van der Waals surface area contributed by atoms with Gasteiger partial charge in [-0.25, -0.2) is 13.2 Å². The van der Waals surface area contributed by atoms with Gasteiger partial charge in [0, 0.05) is 0 Å². The van der Waals surface area contributed by atoms with Crippen molar-refractivity contribution in [3.8, 4) is 0 Å². The summed E-state index contributed by atoms with van der Waals surface area (Å²) in [5, 5.41) is 1.74. The van der Waals surface area contributed by atoms with Crippen LogP contribution in [0, 0.1) is 0 Å². The molecular weight excluding hydrogens is 224 g/mol. The predicted octanol–water partition coefficient (Wildman–Crippen LogP) is -1.03. The van der Waals surface area contributed by atoms with Crippen molar-refractivity contribution in [2.24, 2.45) is 0 Å². The molecule has 1 heterocycles. The van der Waals surface area contributed by atoms with Crippen molar-refractivity contribution in [2.45, 2.75) is 6.42 Å². The highest BCUT2D eigenvalue weighted by atomic mass is 32.2. The number of urea groups is 1. The highest BCUT2D eigenvalue weighted by Gasteiger charge is 2.38. The zero-order valence-corrected chi connectivity index (χ0v) is 8.41. The van der Waals surface area contributed by atoms with Crippen LogP contribution in [0.4, 0.5) is 4.79 Å². The van der Waals surface area contributed by atoms with Gasteiger partial charge in [0.15, 0.2) is 0 Å². The van der Waals surface area contributed by atoms with E-state index in [0.29, 0.717) is 0 Å². The van der Waals surface area contributed by atoms with Crippen LogP contribution >= 0.6 is 0 Å². The largest absolute Gasteiger partial charge is 0.344 e. The van der Waals surface area contributed by atoms with Crippen LogP contribution in [0.15, 0.2) is 12.7 Å². The van der Waals surface area contributed by atoms with Crippen molar-refractivity contribution in [3.05, 3.63) is 12.7 Å². The Morgan fingerprint density at radius 2 is 2.00 bits per heavy atom. The van der Waals surface area contributed by atoms with Gasteiger partial charge in [0.25, 0.3) is 5.91 Å². The molecule has 0 aromatic rings. The molecule has 0 bridgehead atoms. The number of nitrogens with zero attached hydrogens (tertiary/aromatic N) is 1. The first-order valence-electron chi connectivity index (χ1n) is 3.89. The molecule has 1 aliphatic rings. The summed E-state index contributed by atoms with van der Waals surface area (Å²) in [6, 6.07) is -1.24. The number of hydrogen-bond acceptors (Lipinski definition) is 5. The lowest BCUT2D eigenvalue weighted by Gasteiger charge is -2.23. The topological polar surface area (TPSA) is 101 Å². The zero-order valence-electron chi connectivity index (χ0n) is 7.60. The Hall–Kier alpha value is -1.70. The monoisotopic (exact) mass is 232 g/mol. The number of carbonyl (C=O) groups is 3. The molecule has 0 atom stereocenters. The van der Waals surface area contributed by atoms with Crippen molar-refractivity contribution >= 4 is 27.9 Å². The first kappa shape index (κ1) is 11.4. The minimum Gasteiger partial charge on any atom is -0.276 e. The minimum absolute atomic E-state index is 0.0517. The average Bonchev–Trinajstić information content (AvgIpc) is 1.99. The van der Waals surface area contributed by atoms with Gasteiger partial charge in [-0.1, -0.05) is 6.08 Å². The van der Waals surface area contributed by atoms with Crippen LogP contribution in [0.1, 0.15) is 6.42 Å². The van der Waals surface area contributed by atoms with Gasteiger partial charge >= 0.3 is 6.03 Å². The standard InChI is InChI=1S/C7H8N2O5S/c1-2-3-15(13,14)9-6(11)4-5(10)8-7(9)12/h2H,1,3-4H2,(H,8,10,12). The summed E-state index contributed by atoms with van der Waals surface area (Å²) < 4.78 is 22.8. The number of carbonyl (C=O) groups excluding carboxylic acids is 3. The Morgan fingerprint density at radius 1 is 1.40 bits per heavy atom. The quantitative estimate of drug-likeness (QED) is 0.495. The summed E-state index contributed by atoms with van der Waals surface area (Å²) in [7, 11) is -4.05. The molecule has 0 unspecified atom stereocenters. The molecule has 0 aromatic carbocycles. The van der Waals surface area contributed by atoms with E-state index in [-0.39, 0.29) is 4.31 Å². The molecule has 0 spiro atoms. The molecule has 1 rings (SSSR count). The van der Waals surface area contributed by atoms with Crippen LogP contribution in [0.2, 0.25) is 0 Å². The third-order valence-corrected chi connectivity index (χ3v) is 3.16. The highest BCUT2D eigenvalue weighted by Crippen LogP contribution is 2.09. The van der Waals surface area contributed by atoms with Gasteiger partial charge in [-0.15, -0.1) is 6.58 Å². The van der Waals surface area contributed by atoms with E-state index in [1.54, 1.807) is 5.32 Å². The van der Waals surface area contributed by atoms with Crippen LogP contribution in [0.3, 0.4) is 0 Å². The van der Waals surface area contributed by atoms with E-state index >= 15 is 0 Å². The number of barbiturate groups is 1. The predicted molar refractivity (Wildman–Crippen MR) is 49.0 cm³/mol. The number of nitrogens with one attached hydrogen (secondary N) is 1. The molecule has 1 aliphatic heterocycles. The molecule has 1 saturated heterocycles. The summed E-state index contributed by atoms with van der Waals surface area (Å²) in [6.07, 6.45) is 0.397. The molecule has 0 radical (unpaired) electrons. The smallest absolute Gasteiger partial charge is 0.276 e. The second-order valence-electron chi connectivity index (χ2n) is 2.76. The summed E-state index contributed by atoms with van der Waals surface area (Å²) in [6.45, 7) is 3.19. The Kier molecular flexibility index (Phi) is 2.89. The van der Waals surface area contributed by atoms with Gasteiger partial charge in [-0.2, -0.15) is 4.31 Å². The average molecular weight is 232 g/mol. The van der Waals surface area contributed by atoms with Gasteiger partial charge in [0.05, 0.1) is 5.75 Å². The molecular formula is C7H8N2O5S. The Morgan fingerprint density at radius 3 is 2.47 bits per heavy atom. The molecule has 7 nitrogen and oxygen atoms in total. The number of rotatable bonds is 3. The Bertz CT molecular complexity index is 418. The third kappa shape index (κ3) is 2.21. The molecule has 0 aliphatic carbocycles. The third-order valence-electron chi connectivity index (χ3n) is 1.58. The number of hydrogen-bond donors (Lipinski definition) is 1. The van der Waals surface area contributed by atoms with Crippen LogP contribution in [0.5, 0.6) is 0 Å². The molecule has 1 fully saturated rings. The molecule has 1 N–H and O–H groups in total. The molecule has 0 aromatic heterocycles. The lowest BCUT2D eigenvalue weighted by atomic mass is 10.3. The van der Waals surface area contributed by atoms with Crippen molar-refractivity contribution < 1.29 is 22.8 Å². The molecule has 4 amide bonds. The van der Waals surface area contributed by atoms with E-state index in [1.807, 2.05) is 0 Å². The van der Waals surface area contributed by atoms with Gasteiger partial charge < -0.3 is 0 Å². The normalized spacial score (nSPS) is 17.6. The maximum atomic E-state index is 11.4. The van der Waals surface area contributed by atoms with Gasteiger partial charge in [-0.05, 0) is 0 Å². The second kappa shape index (κ2) is 3.81. The van der Waals surface area contributed by atoms with Crippen molar-refractivity contribution in [2.75, 3.05) is 5.75 Å². The SMILES string of the molecule is C=CCS(=O)(=O)N1C(=O)CC(=O)NC1=O. The number of imide groups is 2. The highest BCUT2D eigenvalue weighted by molar-refractivity contribution is 7.90. The Labute approximate surface area is 85.8 Å². The van der Waals surface area contributed by atoms with E-state index in [0.717, 1.165) is 6.08 Å². The fourth-order valence-corrected chi connectivity index (χ4v) is 2.16.